The van der Waals surface area contributed by atoms with Gasteiger partial charge in [-0.2, -0.15) is 0 Å². The molecule has 0 unspecified atom stereocenters. The number of hydrogen-bond acceptors (Lipinski definition) is 4. The highest BCUT2D eigenvalue weighted by Gasteiger charge is 2.07. The topological polar surface area (TPSA) is 115 Å². The maximum Gasteiger partial charge on any atom is 0.326 e. The fraction of sp³-hybridized carbons (Fsp3) is 0.0833. The quantitative estimate of drug-likeness (QED) is 0.607. The zero-order valence-corrected chi connectivity index (χ0v) is 9.77. The number of phenolic OH excluding ortho intramolecular Hbond substituents is 1. The van der Waals surface area contributed by atoms with Gasteiger partial charge >= 0.3 is 5.69 Å². The fourth-order valence-corrected chi connectivity index (χ4v) is 1.48. The molecule has 0 saturated heterocycles. The molecule has 0 saturated carbocycles. The molecule has 0 fully saturated rings. The van der Waals surface area contributed by atoms with E-state index in [-0.39, 0.29) is 18.0 Å². The van der Waals surface area contributed by atoms with Gasteiger partial charge in [0, 0.05) is 12.6 Å². The van der Waals surface area contributed by atoms with Gasteiger partial charge in [-0.15, -0.1) is 0 Å². The second kappa shape index (κ2) is 5.21. The predicted molar refractivity (Wildman–Crippen MR) is 67.0 cm³/mol. The molecule has 1 amide bonds. The van der Waals surface area contributed by atoms with Gasteiger partial charge in [0.15, 0.2) is 0 Å². The van der Waals surface area contributed by atoms with Crippen LogP contribution in [0.1, 0.15) is 16.1 Å². The first-order valence-corrected chi connectivity index (χ1v) is 5.44. The number of benzene rings is 1. The molecule has 2 rings (SSSR count). The standard InChI is InChI=1S/C12H11N3O4/c16-8-3-1-7(2-4-8)6-13-11(18)9-5-10(17)15-12(19)14-9/h1-5,16H,6H2,(H,13,18)(H2,14,15,17,19). The summed E-state index contributed by atoms with van der Waals surface area (Å²) in [6.07, 6.45) is 0. The molecule has 1 aromatic carbocycles. The van der Waals surface area contributed by atoms with E-state index in [1.807, 2.05) is 4.98 Å². The average molecular weight is 261 g/mol. The van der Waals surface area contributed by atoms with Gasteiger partial charge in [-0.25, -0.2) is 4.79 Å². The van der Waals surface area contributed by atoms with Crippen LogP contribution >= 0.6 is 0 Å². The van der Waals surface area contributed by atoms with Crippen molar-refractivity contribution >= 4 is 5.91 Å². The first-order chi connectivity index (χ1) is 9.04. The Labute approximate surface area is 106 Å². The molecule has 98 valence electrons. The van der Waals surface area contributed by atoms with Crippen LogP contribution in [-0.2, 0) is 6.54 Å². The highest BCUT2D eigenvalue weighted by Crippen LogP contribution is 2.09. The Morgan fingerprint density at radius 2 is 1.84 bits per heavy atom. The molecule has 7 heteroatoms. The molecule has 1 heterocycles. The third kappa shape index (κ3) is 3.32. The van der Waals surface area contributed by atoms with Crippen LogP contribution in [0.15, 0.2) is 39.9 Å². The lowest BCUT2D eigenvalue weighted by Gasteiger charge is -2.05. The van der Waals surface area contributed by atoms with Crippen LogP contribution < -0.4 is 16.6 Å². The summed E-state index contributed by atoms with van der Waals surface area (Å²) in [7, 11) is 0. The first-order valence-electron chi connectivity index (χ1n) is 5.44. The van der Waals surface area contributed by atoms with E-state index in [0.717, 1.165) is 11.6 Å². The molecule has 0 aliphatic carbocycles. The van der Waals surface area contributed by atoms with E-state index in [4.69, 9.17) is 5.11 Å². The Hall–Kier alpha value is -2.83. The van der Waals surface area contributed by atoms with Gasteiger partial charge in [0.1, 0.15) is 11.4 Å². The Bertz CT molecular complexity index is 672. The first kappa shape index (κ1) is 12.6. The summed E-state index contributed by atoms with van der Waals surface area (Å²) in [5, 5.41) is 11.7. The number of carbonyl (C=O) groups is 1. The third-order valence-corrected chi connectivity index (χ3v) is 2.39. The Balaban J connectivity index is 2.07. The third-order valence-electron chi connectivity index (χ3n) is 2.39. The van der Waals surface area contributed by atoms with Crippen molar-refractivity contribution in [1.29, 1.82) is 0 Å². The van der Waals surface area contributed by atoms with Crippen LogP contribution in [0, 0.1) is 0 Å². The summed E-state index contributed by atoms with van der Waals surface area (Å²) >= 11 is 0. The second-order valence-corrected chi connectivity index (χ2v) is 3.85. The van der Waals surface area contributed by atoms with E-state index in [1.165, 1.54) is 12.1 Å². The van der Waals surface area contributed by atoms with Gasteiger partial charge in [0.2, 0.25) is 0 Å². The Kier molecular flexibility index (Phi) is 3.46. The predicted octanol–water partition coefficient (Wildman–Crippen LogP) is -0.301. The van der Waals surface area contributed by atoms with E-state index >= 15 is 0 Å². The molecule has 0 aliphatic heterocycles. The maximum absolute atomic E-state index is 11.7. The summed E-state index contributed by atoms with van der Waals surface area (Å²) in [6, 6.07) is 7.30. The van der Waals surface area contributed by atoms with Gasteiger partial charge in [0.25, 0.3) is 11.5 Å². The van der Waals surface area contributed by atoms with Crippen molar-refractivity contribution in [3.8, 4) is 5.75 Å². The molecule has 0 radical (unpaired) electrons. The number of rotatable bonds is 3. The molecule has 1 aromatic heterocycles. The van der Waals surface area contributed by atoms with E-state index in [1.54, 1.807) is 12.1 Å². The molecule has 2 aromatic rings. The number of H-pyrrole nitrogens is 2. The van der Waals surface area contributed by atoms with Gasteiger partial charge in [-0.3, -0.25) is 14.6 Å². The van der Waals surface area contributed by atoms with Crippen molar-refractivity contribution in [2.45, 2.75) is 6.54 Å². The van der Waals surface area contributed by atoms with Crippen LogP contribution in [0.2, 0.25) is 0 Å². The average Bonchev–Trinajstić information content (AvgIpc) is 2.36. The minimum Gasteiger partial charge on any atom is -0.508 e. The number of hydrogen-bond donors (Lipinski definition) is 4. The number of phenols is 1. The Morgan fingerprint density at radius 3 is 2.47 bits per heavy atom. The SMILES string of the molecule is O=C(NCc1ccc(O)cc1)c1cc(=O)[nH]c(=O)[nH]1. The van der Waals surface area contributed by atoms with Gasteiger partial charge < -0.3 is 15.4 Å². The van der Waals surface area contributed by atoms with E-state index in [9.17, 15) is 14.4 Å². The van der Waals surface area contributed by atoms with E-state index in [0.29, 0.717) is 0 Å². The lowest BCUT2D eigenvalue weighted by Crippen LogP contribution is -2.30. The van der Waals surface area contributed by atoms with Crippen molar-refractivity contribution in [2.75, 3.05) is 0 Å². The van der Waals surface area contributed by atoms with Crippen molar-refractivity contribution in [1.82, 2.24) is 15.3 Å². The van der Waals surface area contributed by atoms with Gasteiger partial charge in [0.05, 0.1) is 0 Å². The summed E-state index contributed by atoms with van der Waals surface area (Å²) < 4.78 is 0. The second-order valence-electron chi connectivity index (χ2n) is 3.85. The smallest absolute Gasteiger partial charge is 0.326 e. The Morgan fingerprint density at radius 1 is 1.16 bits per heavy atom. The lowest BCUT2D eigenvalue weighted by molar-refractivity contribution is 0.0945. The largest absolute Gasteiger partial charge is 0.508 e. The van der Waals surface area contributed by atoms with Gasteiger partial charge in [-0.05, 0) is 17.7 Å². The normalized spacial score (nSPS) is 10.1. The zero-order chi connectivity index (χ0) is 13.8. The molecule has 4 N–H and O–H groups in total. The van der Waals surface area contributed by atoms with E-state index < -0.39 is 17.2 Å². The maximum atomic E-state index is 11.7. The molecular formula is C12H11N3O4. The summed E-state index contributed by atoms with van der Waals surface area (Å²) in [5.74, 6) is -0.426. The highest BCUT2D eigenvalue weighted by molar-refractivity contribution is 5.91. The van der Waals surface area contributed by atoms with Crippen LogP contribution in [0.4, 0.5) is 0 Å². The number of carbonyl (C=O) groups excluding carboxylic acids is 1. The summed E-state index contributed by atoms with van der Waals surface area (Å²) in [6.45, 7) is 0.216. The number of nitrogens with one attached hydrogen (secondary N) is 3. The van der Waals surface area contributed by atoms with E-state index in [2.05, 4.69) is 10.3 Å². The van der Waals surface area contributed by atoms with Crippen LogP contribution in [0.25, 0.3) is 0 Å². The molecular weight excluding hydrogens is 250 g/mol. The molecule has 0 aliphatic rings. The van der Waals surface area contributed by atoms with Crippen molar-refractivity contribution < 1.29 is 9.90 Å². The number of aromatic nitrogens is 2. The highest BCUT2D eigenvalue weighted by atomic mass is 16.3. The number of aromatic amines is 2. The van der Waals surface area contributed by atoms with Crippen LogP contribution in [0.3, 0.4) is 0 Å². The molecule has 19 heavy (non-hydrogen) atoms. The molecule has 7 nitrogen and oxygen atoms in total. The van der Waals surface area contributed by atoms with Crippen molar-refractivity contribution in [3.63, 3.8) is 0 Å². The number of aromatic hydroxyl groups is 1. The monoisotopic (exact) mass is 261 g/mol. The fourth-order valence-electron chi connectivity index (χ4n) is 1.48. The van der Waals surface area contributed by atoms with Crippen LogP contribution in [-0.4, -0.2) is 21.0 Å². The molecule has 0 bridgehead atoms. The number of amides is 1. The lowest BCUT2D eigenvalue weighted by atomic mass is 10.2. The van der Waals surface area contributed by atoms with Gasteiger partial charge in [-0.1, -0.05) is 12.1 Å². The summed E-state index contributed by atoms with van der Waals surface area (Å²) in [5.41, 5.74) is -0.702. The summed E-state index contributed by atoms with van der Waals surface area (Å²) in [4.78, 5) is 38.0. The minimum atomic E-state index is -0.734. The van der Waals surface area contributed by atoms with Crippen molar-refractivity contribution in [2.24, 2.45) is 0 Å². The van der Waals surface area contributed by atoms with Crippen molar-refractivity contribution in [3.05, 3.63) is 62.4 Å². The zero-order valence-electron chi connectivity index (χ0n) is 9.77. The molecule has 0 atom stereocenters. The van der Waals surface area contributed by atoms with Crippen LogP contribution in [0.5, 0.6) is 5.75 Å². The minimum absolute atomic E-state index is 0.104. The molecule has 0 spiro atoms.